The standard InChI is InChI=1S/C21H18ClSi.2ClH.Hf/c1-2-11-23(22)20-17(14-7-3-4-8-14)13-18-16-10-6-5-9-15(16)12-19(18)21(20)23;;;/h3-7,9-10,12-13H,2,8,11H2,1H3;2*1H;/q;;;+2/p-2. The smallest absolute Gasteiger partial charge is 1.00 e. The fraction of sp³-hybridized carbons (Fsp3) is 0.238. The summed E-state index contributed by atoms with van der Waals surface area (Å²) in [6.45, 7) is 2.28. The summed E-state index contributed by atoms with van der Waals surface area (Å²) < 4.78 is 0.625. The van der Waals surface area contributed by atoms with E-state index in [4.69, 9.17) is 11.1 Å². The number of benzene rings is 2. The van der Waals surface area contributed by atoms with Crippen molar-refractivity contribution < 1.29 is 49.2 Å². The fourth-order valence-corrected chi connectivity index (χ4v) is 12.8. The van der Waals surface area contributed by atoms with Crippen molar-refractivity contribution in [3.8, 4) is 11.1 Å². The van der Waals surface area contributed by atoms with Crippen molar-refractivity contribution in [2.45, 2.75) is 29.5 Å². The quantitative estimate of drug-likeness (QED) is 0.311. The summed E-state index contributed by atoms with van der Waals surface area (Å²) in [6, 6.07) is 12.7. The van der Waals surface area contributed by atoms with E-state index < -0.39 is 7.38 Å². The molecule has 2 aliphatic carbocycles. The topological polar surface area (TPSA) is 0 Å². The van der Waals surface area contributed by atoms with Gasteiger partial charge in [0.25, 0.3) is 0 Å². The van der Waals surface area contributed by atoms with Crippen molar-refractivity contribution in [2.24, 2.45) is 0 Å². The molecule has 0 aromatic heterocycles. The van der Waals surface area contributed by atoms with Crippen LogP contribution in [0.15, 0.2) is 48.6 Å². The summed E-state index contributed by atoms with van der Waals surface area (Å²) in [4.78, 5) is 0. The molecule has 26 heavy (non-hydrogen) atoms. The summed E-state index contributed by atoms with van der Waals surface area (Å²) in [5, 5.41) is 3.19. The van der Waals surface area contributed by atoms with Crippen LogP contribution in [0.4, 0.5) is 0 Å². The second-order valence-electron chi connectivity index (χ2n) is 7.03. The van der Waals surface area contributed by atoms with Gasteiger partial charge in [-0.1, -0.05) is 0 Å². The van der Waals surface area contributed by atoms with E-state index in [1.807, 2.05) is 0 Å². The molecule has 0 spiro atoms. The maximum atomic E-state index is 7.32. The van der Waals surface area contributed by atoms with Crippen LogP contribution in [0.1, 0.15) is 40.1 Å². The zero-order valence-corrected chi connectivity index (χ0v) is 21.3. The predicted octanol–water partition coefficient (Wildman–Crippen LogP) is -1.32. The van der Waals surface area contributed by atoms with Crippen LogP contribution in [0.25, 0.3) is 16.7 Å². The molecule has 2 aromatic rings. The largest absolute Gasteiger partial charge is 1.00 e. The number of fused-ring (bicyclic) bond motifs is 5. The van der Waals surface area contributed by atoms with Gasteiger partial charge in [-0.15, -0.1) is 0 Å². The van der Waals surface area contributed by atoms with E-state index >= 15 is 0 Å². The Morgan fingerprint density at radius 1 is 1.12 bits per heavy atom. The molecule has 131 valence electrons. The molecule has 0 nitrogen and oxygen atoms in total. The number of hydrogen-bond acceptors (Lipinski definition) is 0. The summed E-state index contributed by atoms with van der Waals surface area (Å²) in [5.74, 6) is 0. The molecule has 1 heterocycles. The van der Waals surface area contributed by atoms with Crippen molar-refractivity contribution >= 4 is 34.4 Å². The molecule has 5 heteroatoms. The third kappa shape index (κ3) is 2.71. The molecule has 0 radical (unpaired) electrons. The summed E-state index contributed by atoms with van der Waals surface area (Å²) >= 11 is 8.49. The zero-order chi connectivity index (χ0) is 16.5. The Morgan fingerprint density at radius 3 is 2.58 bits per heavy atom. The van der Waals surface area contributed by atoms with E-state index in [-0.39, 0.29) is 24.8 Å². The summed E-state index contributed by atoms with van der Waals surface area (Å²) in [7, 11) is -1.87. The summed E-state index contributed by atoms with van der Waals surface area (Å²) in [5.41, 5.74) is 9.03. The number of hydrogen-bond donors (Lipinski definition) is 0. The van der Waals surface area contributed by atoms with Gasteiger partial charge in [0.15, 0.2) is 0 Å². The molecule has 0 N–H and O–H groups in total. The van der Waals surface area contributed by atoms with Crippen LogP contribution in [-0.2, 0) is 24.4 Å². The fourth-order valence-electron chi connectivity index (χ4n) is 4.59. The molecule has 3 aliphatic rings. The maximum Gasteiger partial charge on any atom is -1.00 e. The van der Waals surface area contributed by atoms with Crippen LogP contribution in [-0.4, -0.2) is 7.38 Å². The van der Waals surface area contributed by atoms with Gasteiger partial charge in [-0.2, -0.15) is 0 Å². The first kappa shape index (κ1) is 20.6. The third-order valence-electron chi connectivity index (χ3n) is 5.66. The first-order valence-corrected chi connectivity index (χ1v) is 14.0. The van der Waals surface area contributed by atoms with E-state index in [0.717, 1.165) is 6.42 Å². The van der Waals surface area contributed by atoms with Crippen LogP contribution < -0.4 is 35.2 Å². The molecule has 0 saturated carbocycles. The molecule has 2 aromatic carbocycles. The molecule has 0 saturated heterocycles. The van der Waals surface area contributed by atoms with E-state index in [0.29, 0.717) is 3.67 Å². The van der Waals surface area contributed by atoms with Crippen molar-refractivity contribution in [1.82, 2.24) is 0 Å². The first-order chi connectivity index (χ1) is 11.7. The van der Waals surface area contributed by atoms with Crippen molar-refractivity contribution in [1.29, 1.82) is 0 Å². The van der Waals surface area contributed by atoms with Crippen LogP contribution in [0, 0.1) is 0 Å². The van der Waals surface area contributed by atoms with Crippen LogP contribution in [0.3, 0.4) is 0 Å². The third-order valence-corrected chi connectivity index (χ3v) is 13.1. The van der Waals surface area contributed by atoms with Gasteiger partial charge in [0.1, 0.15) is 0 Å². The zero-order valence-electron chi connectivity index (χ0n) is 14.5. The maximum absolute atomic E-state index is 7.32. The van der Waals surface area contributed by atoms with Crippen molar-refractivity contribution in [3.05, 3.63) is 65.3 Å². The van der Waals surface area contributed by atoms with Crippen LogP contribution >= 0.6 is 11.1 Å². The first-order valence-electron chi connectivity index (χ1n) is 8.74. The van der Waals surface area contributed by atoms with Gasteiger partial charge in [0.2, 0.25) is 0 Å². The van der Waals surface area contributed by atoms with Crippen LogP contribution in [0.2, 0.25) is 6.04 Å². The van der Waals surface area contributed by atoms with Crippen LogP contribution in [0.5, 0.6) is 0 Å². The molecule has 5 rings (SSSR count). The second kappa shape index (κ2) is 7.37. The number of rotatable bonds is 3. The SMILES string of the molecule is CCC[Si]1(Cl)c2c(C3=CC=CC3)cc3c(c21)[CH]([Hf+2])c1ccccc1-3.[Cl-].[Cl-]. The van der Waals surface area contributed by atoms with Gasteiger partial charge in [-0.3, -0.25) is 0 Å². The van der Waals surface area contributed by atoms with E-state index in [9.17, 15) is 0 Å². The molecular formula is C21H18Cl3HfSi. The van der Waals surface area contributed by atoms with Gasteiger partial charge in [-0.25, -0.2) is 0 Å². The van der Waals surface area contributed by atoms with Crippen molar-refractivity contribution in [3.63, 3.8) is 0 Å². The van der Waals surface area contributed by atoms with Crippen molar-refractivity contribution in [2.75, 3.05) is 0 Å². The summed E-state index contributed by atoms with van der Waals surface area (Å²) in [6.07, 6.45) is 8.99. The normalized spacial score (nSPS) is 23.4. The van der Waals surface area contributed by atoms with Gasteiger partial charge in [-0.05, 0) is 0 Å². The van der Waals surface area contributed by atoms with Gasteiger partial charge >= 0.3 is 165 Å². The monoisotopic (exact) mass is 583 g/mol. The van der Waals surface area contributed by atoms with Gasteiger partial charge in [0.05, 0.1) is 0 Å². The van der Waals surface area contributed by atoms with Gasteiger partial charge in [0, 0.05) is 0 Å². The molecular weight excluding hydrogens is 565 g/mol. The van der Waals surface area contributed by atoms with E-state index in [1.165, 1.54) is 64.7 Å². The molecule has 0 amide bonds. The number of allylic oxidation sites excluding steroid dienone is 4. The predicted molar refractivity (Wildman–Crippen MR) is 101 cm³/mol. The Kier molecular flexibility index (Phi) is 5.84. The Bertz CT molecular complexity index is 951. The van der Waals surface area contributed by atoms with E-state index in [1.54, 1.807) is 15.9 Å². The molecule has 2 unspecified atom stereocenters. The average Bonchev–Trinajstić information content (AvgIpc) is 2.98. The minimum atomic E-state index is -1.87. The Hall–Kier alpha value is -0.123. The van der Waals surface area contributed by atoms with Gasteiger partial charge < -0.3 is 24.8 Å². The molecule has 2 atom stereocenters. The molecule has 0 bridgehead atoms. The molecule has 0 fully saturated rings. The Morgan fingerprint density at radius 2 is 1.88 bits per heavy atom. The minimum absolute atomic E-state index is 0. The minimum Gasteiger partial charge on any atom is -1.00 e. The Balaban J connectivity index is 0.000000980. The number of halogens is 3. The molecule has 1 aliphatic heterocycles. The second-order valence-corrected chi connectivity index (χ2v) is 14.1. The average molecular weight is 583 g/mol. The Labute approximate surface area is 188 Å². The van der Waals surface area contributed by atoms with E-state index in [2.05, 4.69) is 55.5 Å².